The minimum Gasteiger partial charge on any atom is -0.495 e. The number of ether oxygens (including phenoxy) is 1. The molecule has 5 rings (SSSR count). The highest BCUT2D eigenvalue weighted by Gasteiger charge is 2.39. The maximum atomic E-state index is 13.3. The molecule has 0 bridgehead atoms. The number of carbonyl (C=O) groups excluding carboxylic acids is 3. The van der Waals surface area contributed by atoms with Gasteiger partial charge in [0.05, 0.1) is 30.6 Å². The third kappa shape index (κ3) is 3.92. The molecule has 9 heteroatoms. The number of hydrogen-bond donors (Lipinski definition) is 1. The molecule has 34 heavy (non-hydrogen) atoms. The number of nitrogens with one attached hydrogen (secondary N) is 1. The van der Waals surface area contributed by atoms with E-state index in [-0.39, 0.29) is 5.91 Å². The first-order valence-corrected chi connectivity index (χ1v) is 12.0. The van der Waals surface area contributed by atoms with Crippen LogP contribution in [0.3, 0.4) is 0 Å². The summed E-state index contributed by atoms with van der Waals surface area (Å²) in [5.41, 5.74) is 3.73. The van der Waals surface area contributed by atoms with Gasteiger partial charge < -0.3 is 19.9 Å². The molecular weight excluding hydrogens is 452 g/mol. The molecule has 0 radical (unpaired) electrons. The molecule has 174 valence electrons. The van der Waals surface area contributed by atoms with Gasteiger partial charge in [0.1, 0.15) is 5.75 Å². The van der Waals surface area contributed by atoms with Crippen LogP contribution in [0, 0.1) is 0 Å². The Kier molecular flexibility index (Phi) is 6.02. The van der Waals surface area contributed by atoms with Gasteiger partial charge in [-0.1, -0.05) is 18.2 Å². The summed E-state index contributed by atoms with van der Waals surface area (Å²) in [6.07, 6.45) is 1.61. The van der Waals surface area contributed by atoms with Crippen molar-refractivity contribution in [1.29, 1.82) is 0 Å². The lowest BCUT2D eigenvalue weighted by atomic mass is 9.94. The number of hydrogen-bond acceptors (Lipinski definition) is 7. The number of pyridine rings is 1. The van der Waals surface area contributed by atoms with Gasteiger partial charge in [-0.15, -0.1) is 0 Å². The van der Waals surface area contributed by atoms with E-state index in [1.165, 1.54) is 7.11 Å². The first-order chi connectivity index (χ1) is 16.6. The van der Waals surface area contributed by atoms with Crippen LogP contribution in [0.15, 0.2) is 53.4 Å². The average molecular weight is 477 g/mol. The first-order valence-electron chi connectivity index (χ1n) is 11.1. The van der Waals surface area contributed by atoms with Gasteiger partial charge in [0.25, 0.3) is 11.8 Å². The summed E-state index contributed by atoms with van der Waals surface area (Å²) in [6.45, 7) is 1.74. The van der Waals surface area contributed by atoms with Crippen molar-refractivity contribution >= 4 is 34.6 Å². The maximum absolute atomic E-state index is 13.3. The number of amides is 2. The van der Waals surface area contributed by atoms with Gasteiger partial charge in [0.15, 0.2) is 0 Å². The van der Waals surface area contributed by atoms with E-state index in [2.05, 4.69) is 10.3 Å². The topological polar surface area (TPSA) is 91.8 Å². The molecule has 3 aromatic rings. The van der Waals surface area contributed by atoms with Crippen LogP contribution in [-0.2, 0) is 9.59 Å². The van der Waals surface area contributed by atoms with E-state index in [0.29, 0.717) is 49.6 Å². The number of rotatable bonds is 5. The van der Waals surface area contributed by atoms with Gasteiger partial charge in [-0.3, -0.25) is 19.4 Å². The lowest BCUT2D eigenvalue weighted by Crippen LogP contribution is -2.52. The molecule has 4 heterocycles. The minimum absolute atomic E-state index is 0.0638. The Morgan fingerprint density at radius 1 is 1.06 bits per heavy atom. The second kappa shape index (κ2) is 9.26. The highest BCUT2D eigenvalue weighted by molar-refractivity contribution is 7.08. The van der Waals surface area contributed by atoms with Gasteiger partial charge in [0, 0.05) is 54.8 Å². The van der Waals surface area contributed by atoms with Gasteiger partial charge in [0.2, 0.25) is 5.78 Å². The molecule has 1 saturated heterocycles. The van der Waals surface area contributed by atoms with Crippen molar-refractivity contribution in [2.24, 2.45) is 0 Å². The van der Waals surface area contributed by atoms with Crippen LogP contribution in [0.25, 0.3) is 11.3 Å². The standard InChI is InChI=1S/C25H24N4O4S/c1-33-19-14-27-21(17-7-12-34-15-17)22-20(19)18(13-26-22)23(30)25(32)29-10-8-28(9-11-29)24(31)16-5-3-2-4-6-16/h2-7,12,14-15,18,26H,8-11,13H2,1H3. The molecule has 1 aromatic carbocycles. The maximum Gasteiger partial charge on any atom is 0.290 e. The molecule has 1 unspecified atom stereocenters. The van der Waals surface area contributed by atoms with Gasteiger partial charge in [-0.05, 0) is 23.6 Å². The van der Waals surface area contributed by atoms with Crippen LogP contribution in [0.5, 0.6) is 5.75 Å². The van der Waals surface area contributed by atoms with Crippen LogP contribution >= 0.6 is 11.3 Å². The predicted molar refractivity (Wildman–Crippen MR) is 129 cm³/mol. The van der Waals surface area contributed by atoms with Crippen LogP contribution in [-0.4, -0.2) is 72.2 Å². The minimum atomic E-state index is -0.651. The van der Waals surface area contributed by atoms with E-state index in [4.69, 9.17) is 4.74 Å². The van der Waals surface area contributed by atoms with Gasteiger partial charge >= 0.3 is 0 Å². The number of anilines is 1. The van der Waals surface area contributed by atoms with E-state index in [1.54, 1.807) is 39.5 Å². The molecule has 2 aliphatic rings. The number of methoxy groups -OCH3 is 1. The molecule has 0 saturated carbocycles. The van der Waals surface area contributed by atoms with Crippen molar-refractivity contribution < 1.29 is 19.1 Å². The number of Topliss-reactive ketones (excluding diaryl/α,β-unsaturated/α-hetero) is 1. The number of thiophene rings is 1. The van der Waals surface area contributed by atoms with Crippen LogP contribution in [0.4, 0.5) is 5.69 Å². The Bertz CT molecular complexity index is 1220. The molecule has 2 aromatic heterocycles. The largest absolute Gasteiger partial charge is 0.495 e. The average Bonchev–Trinajstić information content (AvgIpc) is 3.58. The first kappa shape index (κ1) is 22.1. The van der Waals surface area contributed by atoms with Gasteiger partial charge in [-0.25, -0.2) is 0 Å². The van der Waals surface area contributed by atoms with Crippen LogP contribution in [0.2, 0.25) is 0 Å². The Balaban J connectivity index is 1.31. The number of ketones is 1. The van der Waals surface area contributed by atoms with E-state index in [1.807, 2.05) is 35.0 Å². The van der Waals surface area contributed by atoms with Crippen molar-refractivity contribution in [3.8, 4) is 17.0 Å². The summed E-state index contributed by atoms with van der Waals surface area (Å²) in [5.74, 6) is -1.23. The normalized spacial score (nSPS) is 17.1. The molecule has 2 aliphatic heterocycles. The molecule has 8 nitrogen and oxygen atoms in total. The van der Waals surface area contributed by atoms with Crippen molar-refractivity contribution in [2.45, 2.75) is 5.92 Å². The Hall–Kier alpha value is -3.72. The molecular formula is C25H24N4O4S. The van der Waals surface area contributed by atoms with Crippen LogP contribution < -0.4 is 10.1 Å². The van der Waals surface area contributed by atoms with E-state index in [0.717, 1.165) is 16.9 Å². The van der Waals surface area contributed by atoms with Crippen molar-refractivity contribution in [2.75, 3.05) is 45.2 Å². The smallest absolute Gasteiger partial charge is 0.290 e. The van der Waals surface area contributed by atoms with E-state index < -0.39 is 17.6 Å². The summed E-state index contributed by atoms with van der Waals surface area (Å²) in [6, 6.07) is 11.0. The number of piperazine rings is 1. The molecule has 1 atom stereocenters. The number of fused-ring (bicyclic) bond motifs is 1. The molecule has 1 fully saturated rings. The SMILES string of the molecule is COc1cnc(-c2ccsc2)c2c1C(C(=O)C(=O)N1CCN(C(=O)c3ccccc3)CC1)CN2. The third-order valence-corrected chi connectivity index (χ3v) is 7.01. The fourth-order valence-corrected chi connectivity index (χ4v) is 5.17. The second-order valence-corrected chi connectivity index (χ2v) is 9.00. The number of nitrogens with zero attached hydrogens (tertiary/aromatic N) is 3. The quantitative estimate of drug-likeness (QED) is 0.570. The highest BCUT2D eigenvalue weighted by Crippen LogP contribution is 2.44. The monoisotopic (exact) mass is 476 g/mol. The Morgan fingerprint density at radius 2 is 1.79 bits per heavy atom. The molecule has 0 spiro atoms. The zero-order valence-electron chi connectivity index (χ0n) is 18.7. The summed E-state index contributed by atoms with van der Waals surface area (Å²) in [7, 11) is 1.53. The van der Waals surface area contributed by atoms with Crippen molar-refractivity contribution in [3.05, 3.63) is 64.5 Å². The summed E-state index contributed by atoms with van der Waals surface area (Å²) in [5, 5.41) is 7.24. The summed E-state index contributed by atoms with van der Waals surface area (Å²) in [4.78, 5) is 46.9. The Morgan fingerprint density at radius 3 is 2.47 bits per heavy atom. The van der Waals surface area contributed by atoms with Gasteiger partial charge in [-0.2, -0.15) is 11.3 Å². The summed E-state index contributed by atoms with van der Waals surface area (Å²) >= 11 is 1.57. The predicted octanol–water partition coefficient (Wildman–Crippen LogP) is 2.88. The Labute approximate surface area is 201 Å². The fourth-order valence-electron chi connectivity index (χ4n) is 4.52. The summed E-state index contributed by atoms with van der Waals surface area (Å²) < 4.78 is 5.50. The lowest BCUT2D eigenvalue weighted by molar-refractivity contribution is -0.146. The van der Waals surface area contributed by atoms with E-state index >= 15 is 0 Å². The number of aromatic nitrogens is 1. The van der Waals surface area contributed by atoms with E-state index in [9.17, 15) is 14.4 Å². The van der Waals surface area contributed by atoms with Crippen molar-refractivity contribution in [1.82, 2.24) is 14.8 Å². The molecule has 1 N–H and O–H groups in total. The van der Waals surface area contributed by atoms with Crippen LogP contribution in [0.1, 0.15) is 21.8 Å². The zero-order chi connectivity index (χ0) is 23.7. The third-order valence-electron chi connectivity index (χ3n) is 6.33. The zero-order valence-corrected chi connectivity index (χ0v) is 19.5. The molecule has 2 amide bonds. The second-order valence-electron chi connectivity index (χ2n) is 8.22. The molecule has 0 aliphatic carbocycles. The lowest BCUT2D eigenvalue weighted by Gasteiger charge is -2.34. The fraction of sp³-hybridized carbons (Fsp3) is 0.280. The van der Waals surface area contributed by atoms with Crippen molar-refractivity contribution in [3.63, 3.8) is 0 Å². The number of benzene rings is 1. The number of carbonyl (C=O) groups is 3. The highest BCUT2D eigenvalue weighted by atomic mass is 32.1.